The summed E-state index contributed by atoms with van der Waals surface area (Å²) in [4.78, 5) is 33.2. The molecule has 2 rings (SSSR count). The molecular formula is C13H17N3O3. The summed E-state index contributed by atoms with van der Waals surface area (Å²) in [5.41, 5.74) is 0.978. The number of hydrogen-bond donors (Lipinski definition) is 1. The van der Waals surface area contributed by atoms with Crippen LogP contribution in [0, 0.1) is 13.8 Å². The lowest BCUT2D eigenvalue weighted by Crippen LogP contribution is -2.48. The first-order valence-corrected chi connectivity index (χ1v) is 6.34. The Balaban J connectivity index is 2.28. The van der Waals surface area contributed by atoms with E-state index >= 15 is 0 Å². The van der Waals surface area contributed by atoms with E-state index in [0.717, 1.165) is 12.8 Å². The molecule has 1 aliphatic rings. The molecule has 0 radical (unpaired) electrons. The second-order valence-corrected chi connectivity index (χ2v) is 4.76. The molecule has 1 amide bonds. The van der Waals surface area contributed by atoms with Gasteiger partial charge in [0.15, 0.2) is 0 Å². The third-order valence-electron chi connectivity index (χ3n) is 3.38. The molecule has 0 aromatic carbocycles. The molecule has 0 unspecified atom stereocenters. The molecule has 102 valence electrons. The Bertz CT molecular complexity index is 516. The van der Waals surface area contributed by atoms with Crippen LogP contribution in [0.15, 0.2) is 6.20 Å². The highest BCUT2D eigenvalue weighted by Gasteiger charge is 2.33. The fraction of sp³-hybridized carbons (Fsp3) is 0.538. The fourth-order valence-corrected chi connectivity index (χ4v) is 2.38. The maximum atomic E-state index is 12.4. The molecule has 1 fully saturated rings. The van der Waals surface area contributed by atoms with Crippen molar-refractivity contribution in [1.82, 2.24) is 14.9 Å². The van der Waals surface area contributed by atoms with Crippen LogP contribution in [0.3, 0.4) is 0 Å². The molecule has 1 aromatic rings. The first-order chi connectivity index (χ1) is 9.00. The van der Waals surface area contributed by atoms with E-state index in [2.05, 4.69) is 9.97 Å². The summed E-state index contributed by atoms with van der Waals surface area (Å²) < 4.78 is 0. The zero-order chi connectivity index (χ0) is 14.0. The van der Waals surface area contributed by atoms with Gasteiger partial charge in [0.25, 0.3) is 5.91 Å². The summed E-state index contributed by atoms with van der Waals surface area (Å²) in [6.45, 7) is 3.97. The summed E-state index contributed by atoms with van der Waals surface area (Å²) in [6, 6.07) is -0.734. The topological polar surface area (TPSA) is 83.4 Å². The molecule has 6 nitrogen and oxygen atoms in total. The van der Waals surface area contributed by atoms with Crippen molar-refractivity contribution in [2.45, 2.75) is 39.2 Å². The number of carbonyl (C=O) groups is 2. The van der Waals surface area contributed by atoms with Gasteiger partial charge in [-0.3, -0.25) is 4.79 Å². The van der Waals surface area contributed by atoms with Gasteiger partial charge < -0.3 is 10.0 Å². The lowest BCUT2D eigenvalue weighted by molar-refractivity contribution is -0.143. The standard InChI is InChI=1S/C13H17N3O3/c1-8-10(7-14-9(2)15-8)12(17)16-6-4-3-5-11(16)13(18)19/h7,11H,3-6H2,1-2H3,(H,18,19)/t11-/m1/s1. The molecule has 19 heavy (non-hydrogen) atoms. The minimum Gasteiger partial charge on any atom is -0.480 e. The second kappa shape index (κ2) is 5.34. The lowest BCUT2D eigenvalue weighted by Gasteiger charge is -2.33. The van der Waals surface area contributed by atoms with Gasteiger partial charge in [0.05, 0.1) is 11.3 Å². The average Bonchev–Trinajstić information content (AvgIpc) is 2.38. The first kappa shape index (κ1) is 13.5. The quantitative estimate of drug-likeness (QED) is 0.866. The van der Waals surface area contributed by atoms with E-state index in [1.54, 1.807) is 13.8 Å². The lowest BCUT2D eigenvalue weighted by atomic mass is 10.0. The van der Waals surface area contributed by atoms with Crippen molar-refractivity contribution in [3.8, 4) is 0 Å². The number of piperidine rings is 1. The van der Waals surface area contributed by atoms with Crippen LogP contribution in [0.1, 0.15) is 41.1 Å². The molecule has 1 saturated heterocycles. The van der Waals surface area contributed by atoms with Gasteiger partial charge in [-0.15, -0.1) is 0 Å². The molecule has 1 aromatic heterocycles. The zero-order valence-corrected chi connectivity index (χ0v) is 11.1. The molecular weight excluding hydrogens is 246 g/mol. The van der Waals surface area contributed by atoms with E-state index < -0.39 is 12.0 Å². The number of likely N-dealkylation sites (tertiary alicyclic amines) is 1. The number of aromatic nitrogens is 2. The van der Waals surface area contributed by atoms with E-state index in [1.165, 1.54) is 11.1 Å². The number of aliphatic carboxylic acids is 1. The Morgan fingerprint density at radius 1 is 1.37 bits per heavy atom. The third-order valence-corrected chi connectivity index (χ3v) is 3.38. The number of rotatable bonds is 2. The SMILES string of the molecule is Cc1ncc(C(=O)N2CCCC[C@@H]2C(=O)O)c(C)n1. The summed E-state index contributed by atoms with van der Waals surface area (Å²) in [7, 11) is 0. The molecule has 1 N–H and O–H groups in total. The number of aryl methyl sites for hydroxylation is 2. The van der Waals surface area contributed by atoms with Crippen molar-refractivity contribution in [2.75, 3.05) is 6.54 Å². The minimum atomic E-state index is -0.946. The highest BCUT2D eigenvalue weighted by atomic mass is 16.4. The van der Waals surface area contributed by atoms with Crippen molar-refractivity contribution in [1.29, 1.82) is 0 Å². The monoisotopic (exact) mass is 263 g/mol. The van der Waals surface area contributed by atoms with Crippen LogP contribution in [0.4, 0.5) is 0 Å². The maximum Gasteiger partial charge on any atom is 0.326 e. The predicted octanol–water partition coefficient (Wildman–Crippen LogP) is 1.17. The van der Waals surface area contributed by atoms with E-state index in [4.69, 9.17) is 0 Å². The number of carboxylic acid groups (broad SMARTS) is 1. The number of nitrogens with zero attached hydrogens (tertiary/aromatic N) is 3. The van der Waals surface area contributed by atoms with Crippen LogP contribution in [0.25, 0.3) is 0 Å². The minimum absolute atomic E-state index is 0.287. The van der Waals surface area contributed by atoms with Gasteiger partial charge in [0, 0.05) is 12.7 Å². The van der Waals surface area contributed by atoms with Gasteiger partial charge in [-0.05, 0) is 33.1 Å². The number of hydrogen-bond acceptors (Lipinski definition) is 4. The Morgan fingerprint density at radius 2 is 2.11 bits per heavy atom. The van der Waals surface area contributed by atoms with Crippen molar-refractivity contribution in [3.63, 3.8) is 0 Å². The normalized spacial score (nSPS) is 19.3. The van der Waals surface area contributed by atoms with E-state index in [0.29, 0.717) is 30.0 Å². The Morgan fingerprint density at radius 3 is 2.74 bits per heavy atom. The number of amides is 1. The van der Waals surface area contributed by atoms with E-state index in [-0.39, 0.29) is 5.91 Å². The third kappa shape index (κ3) is 2.72. The molecule has 0 bridgehead atoms. The van der Waals surface area contributed by atoms with Crippen LogP contribution in [0.5, 0.6) is 0 Å². The van der Waals surface area contributed by atoms with Gasteiger partial charge in [-0.25, -0.2) is 14.8 Å². The highest BCUT2D eigenvalue weighted by molar-refractivity contribution is 5.97. The molecule has 2 heterocycles. The maximum absolute atomic E-state index is 12.4. The number of carbonyl (C=O) groups excluding carboxylic acids is 1. The molecule has 1 atom stereocenters. The first-order valence-electron chi connectivity index (χ1n) is 6.34. The van der Waals surface area contributed by atoms with Crippen LogP contribution >= 0.6 is 0 Å². The van der Waals surface area contributed by atoms with Gasteiger partial charge in [0.1, 0.15) is 11.9 Å². The van der Waals surface area contributed by atoms with Gasteiger partial charge >= 0.3 is 5.97 Å². The largest absolute Gasteiger partial charge is 0.480 e. The molecule has 6 heteroatoms. The van der Waals surface area contributed by atoms with Crippen molar-refractivity contribution in [3.05, 3.63) is 23.3 Å². The van der Waals surface area contributed by atoms with Gasteiger partial charge in [-0.1, -0.05) is 0 Å². The van der Waals surface area contributed by atoms with E-state index in [9.17, 15) is 14.7 Å². The van der Waals surface area contributed by atoms with Crippen LogP contribution in [0.2, 0.25) is 0 Å². The Labute approximate surface area is 111 Å². The van der Waals surface area contributed by atoms with Crippen LogP contribution in [-0.2, 0) is 4.79 Å². The summed E-state index contributed by atoms with van der Waals surface area (Å²) >= 11 is 0. The molecule has 1 aliphatic heterocycles. The molecule has 0 spiro atoms. The summed E-state index contributed by atoms with van der Waals surface area (Å²) in [5, 5.41) is 9.19. The van der Waals surface area contributed by atoms with Gasteiger partial charge in [0.2, 0.25) is 0 Å². The highest BCUT2D eigenvalue weighted by Crippen LogP contribution is 2.20. The zero-order valence-electron chi connectivity index (χ0n) is 11.1. The van der Waals surface area contributed by atoms with Crippen molar-refractivity contribution in [2.24, 2.45) is 0 Å². The van der Waals surface area contributed by atoms with Crippen molar-refractivity contribution >= 4 is 11.9 Å². The summed E-state index contributed by atoms with van der Waals surface area (Å²) in [5.74, 6) is -0.634. The average molecular weight is 263 g/mol. The van der Waals surface area contributed by atoms with Crippen LogP contribution < -0.4 is 0 Å². The van der Waals surface area contributed by atoms with Crippen molar-refractivity contribution < 1.29 is 14.7 Å². The second-order valence-electron chi connectivity index (χ2n) is 4.76. The Hall–Kier alpha value is -1.98. The summed E-state index contributed by atoms with van der Waals surface area (Å²) in [6.07, 6.45) is 3.66. The smallest absolute Gasteiger partial charge is 0.326 e. The predicted molar refractivity (Wildman–Crippen MR) is 67.8 cm³/mol. The van der Waals surface area contributed by atoms with Gasteiger partial charge in [-0.2, -0.15) is 0 Å². The van der Waals surface area contributed by atoms with Crippen LogP contribution in [-0.4, -0.2) is 44.4 Å². The molecule has 0 saturated carbocycles. The number of carboxylic acids is 1. The fourth-order valence-electron chi connectivity index (χ4n) is 2.38. The molecule has 0 aliphatic carbocycles. The Kier molecular flexibility index (Phi) is 3.78. The van der Waals surface area contributed by atoms with E-state index in [1.807, 2.05) is 0 Å².